The molecule has 112 valence electrons. The molecule has 2 rings (SSSR count). The lowest BCUT2D eigenvalue weighted by molar-refractivity contribution is -0.274. The van der Waals surface area contributed by atoms with Gasteiger partial charge in [0.15, 0.2) is 0 Å². The first-order valence-electron chi connectivity index (χ1n) is 6.40. The quantitative estimate of drug-likeness (QED) is 0.896. The molecular weight excluding hydrogens is 273 g/mol. The van der Waals surface area contributed by atoms with Gasteiger partial charge in [0.05, 0.1) is 0 Å². The number of nitrogens with zero attached hydrogens (tertiary/aromatic N) is 1. The van der Waals surface area contributed by atoms with E-state index in [0.717, 1.165) is 32.2 Å². The highest BCUT2D eigenvalue weighted by atomic mass is 19.4. The highest BCUT2D eigenvalue weighted by molar-refractivity contribution is 5.41. The van der Waals surface area contributed by atoms with Gasteiger partial charge in [0, 0.05) is 37.8 Å². The zero-order chi connectivity index (χ0) is 14.8. The van der Waals surface area contributed by atoms with Crippen LogP contribution in [0.3, 0.4) is 0 Å². The van der Waals surface area contributed by atoms with Crippen LogP contribution >= 0.6 is 0 Å². The smallest absolute Gasteiger partial charge is 0.508 e. The summed E-state index contributed by atoms with van der Waals surface area (Å²) in [5.74, 6) is -0.335. The first-order valence-corrected chi connectivity index (χ1v) is 6.40. The van der Waals surface area contributed by atoms with Gasteiger partial charge >= 0.3 is 6.36 Å². The molecule has 20 heavy (non-hydrogen) atoms. The van der Waals surface area contributed by atoms with Gasteiger partial charge < -0.3 is 15.2 Å². The molecule has 0 amide bonds. The van der Waals surface area contributed by atoms with Crippen LogP contribution < -0.4 is 10.1 Å². The Morgan fingerprint density at radius 1 is 1.30 bits per heavy atom. The van der Waals surface area contributed by atoms with Crippen molar-refractivity contribution in [2.24, 2.45) is 0 Å². The van der Waals surface area contributed by atoms with Crippen LogP contribution in [0.5, 0.6) is 11.5 Å². The normalized spacial score (nSPS) is 18.8. The molecule has 1 aromatic carbocycles. The number of phenols is 1. The van der Waals surface area contributed by atoms with Crippen LogP contribution in [-0.4, -0.2) is 42.5 Å². The van der Waals surface area contributed by atoms with Gasteiger partial charge in [-0.3, -0.25) is 4.90 Å². The van der Waals surface area contributed by atoms with Crippen molar-refractivity contribution in [2.45, 2.75) is 19.3 Å². The summed E-state index contributed by atoms with van der Waals surface area (Å²) >= 11 is 0. The molecular formula is C13H17F3N2O2. The zero-order valence-electron chi connectivity index (χ0n) is 11.1. The van der Waals surface area contributed by atoms with Crippen molar-refractivity contribution in [3.63, 3.8) is 0 Å². The fraction of sp³-hybridized carbons (Fsp3) is 0.538. The molecule has 0 radical (unpaired) electrons. The van der Waals surface area contributed by atoms with Gasteiger partial charge in [0.25, 0.3) is 0 Å². The number of piperazine rings is 1. The van der Waals surface area contributed by atoms with Crippen molar-refractivity contribution in [1.29, 1.82) is 0 Å². The number of ether oxygens (including phenoxy) is 1. The third-order valence-electron chi connectivity index (χ3n) is 3.38. The van der Waals surface area contributed by atoms with Crippen LogP contribution in [0.25, 0.3) is 0 Å². The number of halogens is 3. The maximum atomic E-state index is 12.2. The third kappa shape index (κ3) is 3.77. The molecule has 1 saturated heterocycles. The molecule has 0 saturated carbocycles. The number of rotatable bonds is 3. The Labute approximate surface area is 115 Å². The Balaban J connectivity index is 2.18. The molecule has 0 aliphatic carbocycles. The van der Waals surface area contributed by atoms with E-state index >= 15 is 0 Å². The Morgan fingerprint density at radius 3 is 2.55 bits per heavy atom. The first-order chi connectivity index (χ1) is 9.37. The van der Waals surface area contributed by atoms with Gasteiger partial charge in [-0.05, 0) is 25.1 Å². The lowest BCUT2D eigenvalue weighted by Crippen LogP contribution is -2.44. The number of hydrogen-bond acceptors (Lipinski definition) is 4. The van der Waals surface area contributed by atoms with E-state index in [0.29, 0.717) is 5.56 Å². The van der Waals surface area contributed by atoms with E-state index in [-0.39, 0.29) is 17.5 Å². The Morgan fingerprint density at radius 2 is 1.95 bits per heavy atom. The molecule has 2 N–H and O–H groups in total. The summed E-state index contributed by atoms with van der Waals surface area (Å²) < 4.78 is 40.6. The molecule has 0 aromatic heterocycles. The lowest BCUT2D eigenvalue weighted by Gasteiger charge is -2.33. The van der Waals surface area contributed by atoms with Gasteiger partial charge in [-0.15, -0.1) is 13.2 Å². The van der Waals surface area contributed by atoms with Crippen LogP contribution in [-0.2, 0) is 0 Å². The third-order valence-corrected chi connectivity index (χ3v) is 3.38. The summed E-state index contributed by atoms with van der Waals surface area (Å²) in [7, 11) is 0. The Kier molecular flexibility index (Phi) is 4.39. The first kappa shape index (κ1) is 14.9. The topological polar surface area (TPSA) is 44.7 Å². The monoisotopic (exact) mass is 290 g/mol. The van der Waals surface area contributed by atoms with E-state index < -0.39 is 6.36 Å². The standard InChI is InChI=1S/C13H17F3N2O2/c1-9(18-6-4-17-5-7-18)11-8-10(2-3-12(11)19)20-13(14,15)16/h2-3,8-9,17,19H,4-7H2,1H3/t9-/m1/s1. The molecule has 1 fully saturated rings. The second-order valence-corrected chi connectivity index (χ2v) is 4.73. The predicted octanol–water partition coefficient (Wildman–Crippen LogP) is 2.26. The predicted molar refractivity (Wildman–Crippen MR) is 67.6 cm³/mol. The largest absolute Gasteiger partial charge is 0.573 e. The maximum absolute atomic E-state index is 12.2. The van der Waals surface area contributed by atoms with Crippen molar-refractivity contribution in [3.8, 4) is 11.5 Å². The van der Waals surface area contributed by atoms with E-state index in [1.54, 1.807) is 0 Å². The molecule has 1 atom stereocenters. The molecule has 0 unspecified atom stereocenters. The second-order valence-electron chi connectivity index (χ2n) is 4.73. The van der Waals surface area contributed by atoms with Crippen LogP contribution in [0.1, 0.15) is 18.5 Å². The van der Waals surface area contributed by atoms with Crippen molar-refractivity contribution in [2.75, 3.05) is 26.2 Å². The van der Waals surface area contributed by atoms with Crippen LogP contribution in [0.4, 0.5) is 13.2 Å². The van der Waals surface area contributed by atoms with E-state index in [2.05, 4.69) is 15.0 Å². The van der Waals surface area contributed by atoms with Crippen molar-refractivity contribution < 1.29 is 23.0 Å². The van der Waals surface area contributed by atoms with Gasteiger partial charge in [-0.2, -0.15) is 0 Å². The summed E-state index contributed by atoms with van der Waals surface area (Å²) in [6.07, 6.45) is -4.73. The van der Waals surface area contributed by atoms with E-state index in [4.69, 9.17) is 0 Å². The van der Waals surface area contributed by atoms with Gasteiger partial charge in [-0.1, -0.05) is 0 Å². The maximum Gasteiger partial charge on any atom is 0.573 e. The number of alkyl halides is 3. The summed E-state index contributed by atoms with van der Waals surface area (Å²) in [4.78, 5) is 2.10. The van der Waals surface area contributed by atoms with Gasteiger partial charge in [-0.25, -0.2) is 0 Å². The molecule has 1 aliphatic heterocycles. The number of nitrogens with one attached hydrogen (secondary N) is 1. The van der Waals surface area contributed by atoms with Crippen LogP contribution in [0.2, 0.25) is 0 Å². The average Bonchev–Trinajstić information content (AvgIpc) is 2.40. The minimum Gasteiger partial charge on any atom is -0.508 e. The van der Waals surface area contributed by atoms with E-state index in [9.17, 15) is 18.3 Å². The Hall–Kier alpha value is -1.47. The number of benzene rings is 1. The fourth-order valence-electron chi connectivity index (χ4n) is 2.33. The molecule has 1 aromatic rings. The molecule has 1 aliphatic rings. The number of phenolic OH excluding ortho intramolecular Hbond substituents is 1. The van der Waals surface area contributed by atoms with Crippen molar-refractivity contribution in [1.82, 2.24) is 10.2 Å². The lowest BCUT2D eigenvalue weighted by atomic mass is 10.0. The van der Waals surface area contributed by atoms with Crippen LogP contribution in [0, 0.1) is 0 Å². The summed E-state index contributed by atoms with van der Waals surface area (Å²) in [5, 5.41) is 13.1. The molecule has 0 bridgehead atoms. The zero-order valence-corrected chi connectivity index (χ0v) is 11.1. The van der Waals surface area contributed by atoms with Crippen LogP contribution in [0.15, 0.2) is 18.2 Å². The van der Waals surface area contributed by atoms with Crippen molar-refractivity contribution in [3.05, 3.63) is 23.8 Å². The number of hydrogen-bond donors (Lipinski definition) is 2. The highest BCUT2D eigenvalue weighted by Crippen LogP contribution is 2.33. The molecule has 0 spiro atoms. The molecule has 1 heterocycles. The van der Waals surface area contributed by atoms with Gasteiger partial charge in [0.2, 0.25) is 0 Å². The molecule has 4 nitrogen and oxygen atoms in total. The average molecular weight is 290 g/mol. The minimum atomic E-state index is -4.73. The highest BCUT2D eigenvalue weighted by Gasteiger charge is 2.31. The fourth-order valence-corrected chi connectivity index (χ4v) is 2.33. The second kappa shape index (κ2) is 5.88. The van der Waals surface area contributed by atoms with Gasteiger partial charge in [0.1, 0.15) is 11.5 Å². The minimum absolute atomic E-state index is 0.0226. The summed E-state index contributed by atoms with van der Waals surface area (Å²) in [5.41, 5.74) is 0.439. The van der Waals surface area contributed by atoms with Crippen molar-refractivity contribution >= 4 is 0 Å². The summed E-state index contributed by atoms with van der Waals surface area (Å²) in [6.45, 7) is 5.07. The SMILES string of the molecule is C[C@H](c1cc(OC(F)(F)F)ccc1O)N1CCNCC1. The number of aromatic hydroxyl groups is 1. The van der Waals surface area contributed by atoms with E-state index in [1.165, 1.54) is 12.1 Å². The molecule has 7 heteroatoms. The Bertz CT molecular complexity index is 459. The van der Waals surface area contributed by atoms with E-state index in [1.807, 2.05) is 6.92 Å². The summed E-state index contributed by atoms with van der Waals surface area (Å²) in [6, 6.07) is 3.41.